The maximum atomic E-state index is 5.55. The molecule has 0 aliphatic rings. The summed E-state index contributed by atoms with van der Waals surface area (Å²) in [4.78, 5) is 0. The van der Waals surface area contributed by atoms with Gasteiger partial charge in [0.2, 0.25) is 0 Å². The van der Waals surface area contributed by atoms with Crippen LogP contribution in [-0.4, -0.2) is 5.88 Å². The molecule has 0 rings (SSSR count). The van der Waals surface area contributed by atoms with Crippen molar-refractivity contribution in [1.29, 1.82) is 0 Å². The van der Waals surface area contributed by atoms with E-state index in [1.54, 1.807) is 0 Å². The van der Waals surface area contributed by atoms with Crippen molar-refractivity contribution in [2.75, 3.05) is 5.88 Å². The molecule has 0 N–H and O–H groups in total. The summed E-state index contributed by atoms with van der Waals surface area (Å²) in [6.07, 6.45) is 1.06. The molecule has 0 saturated carbocycles. The SMILES string of the molecule is C=C(C)CC(C)CCl. The lowest BCUT2D eigenvalue weighted by atomic mass is 10.1. The van der Waals surface area contributed by atoms with Crippen molar-refractivity contribution in [2.45, 2.75) is 20.3 Å². The average Bonchev–Trinajstić information content (AvgIpc) is 1.65. The molecule has 0 aromatic rings. The number of halogens is 1. The molecule has 48 valence electrons. The largest absolute Gasteiger partial charge is 0.126 e. The summed E-state index contributed by atoms with van der Waals surface area (Å²) < 4.78 is 0. The third kappa shape index (κ3) is 4.20. The van der Waals surface area contributed by atoms with Crippen molar-refractivity contribution in [2.24, 2.45) is 5.92 Å². The van der Waals surface area contributed by atoms with Crippen molar-refractivity contribution < 1.29 is 0 Å². The molecule has 0 aliphatic heterocycles. The first kappa shape index (κ1) is 8.03. The molecule has 0 nitrogen and oxygen atoms in total. The maximum absolute atomic E-state index is 5.55. The molecule has 1 atom stereocenters. The van der Waals surface area contributed by atoms with Gasteiger partial charge in [0.15, 0.2) is 0 Å². The number of hydrogen-bond donors (Lipinski definition) is 0. The van der Waals surface area contributed by atoms with Gasteiger partial charge in [0.25, 0.3) is 0 Å². The van der Waals surface area contributed by atoms with Crippen molar-refractivity contribution in [3.63, 3.8) is 0 Å². The van der Waals surface area contributed by atoms with Gasteiger partial charge in [0.1, 0.15) is 0 Å². The van der Waals surface area contributed by atoms with Gasteiger partial charge in [-0.05, 0) is 19.3 Å². The monoisotopic (exact) mass is 132 g/mol. The van der Waals surface area contributed by atoms with Crippen LogP contribution in [-0.2, 0) is 0 Å². The molecule has 8 heavy (non-hydrogen) atoms. The first-order chi connectivity index (χ1) is 3.66. The normalized spacial score (nSPS) is 13.4. The maximum Gasteiger partial charge on any atom is 0.0252 e. The lowest BCUT2D eigenvalue weighted by molar-refractivity contribution is 0.651. The van der Waals surface area contributed by atoms with Gasteiger partial charge >= 0.3 is 0 Å². The fraction of sp³-hybridized carbons (Fsp3) is 0.714. The Balaban J connectivity index is 3.24. The topological polar surface area (TPSA) is 0 Å². The predicted octanol–water partition coefficient (Wildman–Crippen LogP) is 2.83. The highest BCUT2D eigenvalue weighted by molar-refractivity contribution is 6.18. The van der Waals surface area contributed by atoms with Crippen molar-refractivity contribution in [3.8, 4) is 0 Å². The average molecular weight is 133 g/mol. The molecular weight excluding hydrogens is 120 g/mol. The molecule has 0 fully saturated rings. The summed E-state index contributed by atoms with van der Waals surface area (Å²) >= 11 is 5.55. The molecule has 1 heteroatoms. The standard InChI is InChI=1S/C7H13Cl/c1-6(2)4-7(3)5-8/h7H,1,4-5H2,2-3H3. The van der Waals surface area contributed by atoms with Gasteiger partial charge in [-0.15, -0.1) is 18.2 Å². The first-order valence-electron chi connectivity index (χ1n) is 2.87. The van der Waals surface area contributed by atoms with Crippen molar-refractivity contribution in [3.05, 3.63) is 12.2 Å². The van der Waals surface area contributed by atoms with Gasteiger partial charge in [-0.1, -0.05) is 12.5 Å². The van der Waals surface area contributed by atoms with Crippen LogP contribution in [0.3, 0.4) is 0 Å². The van der Waals surface area contributed by atoms with Crippen LogP contribution in [0.1, 0.15) is 20.3 Å². The second-order valence-electron chi connectivity index (χ2n) is 2.42. The predicted molar refractivity (Wildman–Crippen MR) is 39.3 cm³/mol. The van der Waals surface area contributed by atoms with Crippen LogP contribution >= 0.6 is 11.6 Å². The van der Waals surface area contributed by atoms with Gasteiger partial charge < -0.3 is 0 Å². The number of alkyl halides is 1. The molecule has 1 unspecified atom stereocenters. The molecule has 0 spiro atoms. The van der Waals surface area contributed by atoms with E-state index in [-0.39, 0.29) is 0 Å². The Labute approximate surface area is 56.5 Å². The van der Waals surface area contributed by atoms with E-state index in [4.69, 9.17) is 11.6 Å². The van der Waals surface area contributed by atoms with Gasteiger partial charge in [0.05, 0.1) is 0 Å². The summed E-state index contributed by atoms with van der Waals surface area (Å²) in [6.45, 7) is 7.94. The van der Waals surface area contributed by atoms with E-state index in [1.165, 1.54) is 5.57 Å². The van der Waals surface area contributed by atoms with Gasteiger partial charge in [-0.3, -0.25) is 0 Å². The van der Waals surface area contributed by atoms with E-state index in [1.807, 2.05) is 6.92 Å². The Bertz CT molecular complexity index is 76.5. The van der Waals surface area contributed by atoms with Crippen molar-refractivity contribution >= 4 is 11.6 Å². The molecule has 0 aromatic carbocycles. The molecule has 0 aliphatic carbocycles. The molecule has 0 radical (unpaired) electrons. The van der Waals surface area contributed by atoms with E-state index >= 15 is 0 Å². The third-order valence-electron chi connectivity index (χ3n) is 0.960. The highest BCUT2D eigenvalue weighted by atomic mass is 35.5. The minimum atomic E-state index is 0.592. The van der Waals surface area contributed by atoms with Crippen LogP contribution in [0.15, 0.2) is 12.2 Å². The Morgan fingerprint density at radius 1 is 1.75 bits per heavy atom. The molecule has 0 saturated heterocycles. The van der Waals surface area contributed by atoms with Crippen LogP contribution in [0.4, 0.5) is 0 Å². The Kier molecular flexibility index (Phi) is 3.98. The summed E-state index contributed by atoms with van der Waals surface area (Å²) in [5, 5.41) is 0. The summed E-state index contributed by atoms with van der Waals surface area (Å²) in [5.74, 6) is 1.33. The molecule has 0 bridgehead atoms. The summed E-state index contributed by atoms with van der Waals surface area (Å²) in [6, 6.07) is 0. The van der Waals surface area contributed by atoms with Gasteiger partial charge in [-0.25, -0.2) is 0 Å². The van der Waals surface area contributed by atoms with Crippen LogP contribution in [0.2, 0.25) is 0 Å². The van der Waals surface area contributed by atoms with E-state index in [0.717, 1.165) is 12.3 Å². The van der Waals surface area contributed by atoms with E-state index < -0.39 is 0 Å². The Morgan fingerprint density at radius 3 is 2.38 bits per heavy atom. The van der Waals surface area contributed by atoms with Gasteiger partial charge in [-0.2, -0.15) is 0 Å². The lowest BCUT2D eigenvalue weighted by Crippen LogP contribution is -1.94. The number of hydrogen-bond acceptors (Lipinski definition) is 0. The third-order valence-corrected chi connectivity index (χ3v) is 1.49. The number of rotatable bonds is 3. The molecule has 0 aromatic heterocycles. The summed E-state index contributed by atoms with van der Waals surface area (Å²) in [5.41, 5.74) is 1.22. The minimum Gasteiger partial charge on any atom is -0.126 e. The van der Waals surface area contributed by atoms with Crippen molar-refractivity contribution in [1.82, 2.24) is 0 Å². The lowest BCUT2D eigenvalue weighted by Gasteiger charge is -2.04. The van der Waals surface area contributed by atoms with E-state index in [2.05, 4.69) is 13.5 Å². The number of allylic oxidation sites excluding steroid dienone is 1. The smallest absolute Gasteiger partial charge is 0.0252 e. The minimum absolute atomic E-state index is 0.592. The van der Waals surface area contributed by atoms with Crippen LogP contribution in [0, 0.1) is 5.92 Å². The van der Waals surface area contributed by atoms with Gasteiger partial charge in [0, 0.05) is 5.88 Å². The zero-order valence-electron chi connectivity index (χ0n) is 5.58. The summed E-state index contributed by atoms with van der Waals surface area (Å²) in [7, 11) is 0. The first-order valence-corrected chi connectivity index (χ1v) is 3.40. The Morgan fingerprint density at radius 2 is 2.25 bits per heavy atom. The fourth-order valence-electron chi connectivity index (χ4n) is 0.649. The van der Waals surface area contributed by atoms with E-state index in [9.17, 15) is 0 Å². The zero-order valence-corrected chi connectivity index (χ0v) is 6.33. The molecule has 0 heterocycles. The quantitative estimate of drug-likeness (QED) is 0.409. The van der Waals surface area contributed by atoms with Crippen LogP contribution in [0.25, 0.3) is 0 Å². The molecule has 0 amide bonds. The molecular formula is C7H13Cl. The second kappa shape index (κ2) is 3.96. The second-order valence-corrected chi connectivity index (χ2v) is 2.73. The Hall–Kier alpha value is 0.0300. The van der Waals surface area contributed by atoms with Crippen LogP contribution in [0.5, 0.6) is 0 Å². The highest BCUT2D eigenvalue weighted by Crippen LogP contribution is 2.09. The highest BCUT2D eigenvalue weighted by Gasteiger charge is 1.97. The van der Waals surface area contributed by atoms with E-state index in [0.29, 0.717) is 5.92 Å². The fourth-order valence-corrected chi connectivity index (χ4v) is 0.759. The van der Waals surface area contributed by atoms with Crippen LogP contribution < -0.4 is 0 Å². The zero-order chi connectivity index (χ0) is 6.57.